The molecule has 1 aliphatic heterocycles. The third-order valence-corrected chi connectivity index (χ3v) is 3.86. The molecule has 4 heteroatoms. The second kappa shape index (κ2) is 7.11. The smallest absolute Gasteiger partial charge is 0.128 e. The van der Waals surface area contributed by atoms with E-state index < -0.39 is 0 Å². The van der Waals surface area contributed by atoms with Gasteiger partial charge in [-0.05, 0) is 49.9 Å². The van der Waals surface area contributed by atoms with Crippen LogP contribution in [0.4, 0.5) is 5.82 Å². The molecule has 2 rings (SSSR count). The first kappa shape index (κ1) is 14.6. The van der Waals surface area contributed by atoms with Crippen molar-refractivity contribution in [2.75, 3.05) is 31.1 Å². The van der Waals surface area contributed by atoms with Crippen molar-refractivity contribution in [3.05, 3.63) is 23.4 Å². The van der Waals surface area contributed by atoms with Gasteiger partial charge in [-0.15, -0.1) is 0 Å². The quantitative estimate of drug-likeness (QED) is 0.898. The lowest BCUT2D eigenvalue weighted by Gasteiger charge is -2.33. The van der Waals surface area contributed by atoms with E-state index in [0.29, 0.717) is 5.02 Å². The Kier molecular flexibility index (Phi) is 5.46. The van der Waals surface area contributed by atoms with Gasteiger partial charge in [-0.3, -0.25) is 0 Å². The molecule has 106 valence electrons. The Labute approximate surface area is 121 Å². The molecule has 1 N–H and O–H groups in total. The fourth-order valence-electron chi connectivity index (χ4n) is 2.50. The van der Waals surface area contributed by atoms with Gasteiger partial charge >= 0.3 is 0 Å². The number of piperidine rings is 1. The molecular weight excluding hydrogens is 258 g/mol. The molecule has 3 nitrogen and oxygen atoms in total. The lowest BCUT2D eigenvalue weighted by Crippen LogP contribution is -2.38. The molecule has 1 saturated heterocycles. The number of hydrogen-bond acceptors (Lipinski definition) is 3. The molecule has 0 radical (unpaired) electrons. The van der Waals surface area contributed by atoms with Crippen LogP contribution in [-0.4, -0.2) is 31.2 Å². The van der Waals surface area contributed by atoms with E-state index in [1.807, 2.05) is 12.1 Å². The molecular formula is C15H24ClN3. The van der Waals surface area contributed by atoms with Crippen molar-refractivity contribution >= 4 is 17.4 Å². The highest BCUT2D eigenvalue weighted by molar-refractivity contribution is 6.30. The Morgan fingerprint density at radius 2 is 2.11 bits per heavy atom. The number of nitrogens with one attached hydrogen (secondary N) is 1. The predicted octanol–water partition coefficient (Wildman–Crippen LogP) is 3.20. The van der Waals surface area contributed by atoms with Gasteiger partial charge in [-0.25, -0.2) is 4.98 Å². The second-order valence-corrected chi connectivity index (χ2v) is 6.25. The van der Waals surface area contributed by atoms with Crippen molar-refractivity contribution in [1.29, 1.82) is 0 Å². The number of rotatable bonds is 5. The number of aromatic nitrogens is 1. The highest BCUT2D eigenvalue weighted by atomic mass is 35.5. The summed E-state index contributed by atoms with van der Waals surface area (Å²) in [5.41, 5.74) is 0. The van der Waals surface area contributed by atoms with E-state index in [2.05, 4.69) is 29.0 Å². The van der Waals surface area contributed by atoms with E-state index in [1.165, 1.54) is 12.8 Å². The van der Waals surface area contributed by atoms with Crippen LogP contribution in [-0.2, 0) is 0 Å². The summed E-state index contributed by atoms with van der Waals surface area (Å²) in [4.78, 5) is 6.75. The Morgan fingerprint density at radius 3 is 2.68 bits per heavy atom. The molecule has 2 heterocycles. The van der Waals surface area contributed by atoms with Gasteiger partial charge in [0.05, 0.1) is 5.02 Å². The first-order chi connectivity index (χ1) is 9.15. The zero-order valence-electron chi connectivity index (χ0n) is 11.9. The number of nitrogens with zero attached hydrogens (tertiary/aromatic N) is 2. The first-order valence-corrected chi connectivity index (χ1v) is 7.60. The zero-order chi connectivity index (χ0) is 13.7. The van der Waals surface area contributed by atoms with E-state index in [9.17, 15) is 0 Å². The van der Waals surface area contributed by atoms with E-state index in [-0.39, 0.29) is 0 Å². The Morgan fingerprint density at radius 1 is 1.37 bits per heavy atom. The van der Waals surface area contributed by atoms with Crippen LogP contribution < -0.4 is 10.2 Å². The number of anilines is 1. The maximum absolute atomic E-state index is 5.87. The van der Waals surface area contributed by atoms with Gasteiger partial charge in [-0.1, -0.05) is 25.4 Å². The summed E-state index contributed by atoms with van der Waals surface area (Å²) in [6.07, 6.45) is 4.22. The molecule has 1 aliphatic rings. The summed E-state index contributed by atoms with van der Waals surface area (Å²) < 4.78 is 0. The normalized spacial score (nSPS) is 17.2. The standard InChI is InChI=1S/C15H24ClN3/c1-12(2)9-17-10-13-5-7-19(8-6-13)15-4-3-14(16)11-18-15/h3-4,11-13,17H,5-10H2,1-2H3. The van der Waals surface area contributed by atoms with E-state index in [1.54, 1.807) is 6.20 Å². The van der Waals surface area contributed by atoms with E-state index >= 15 is 0 Å². The molecule has 0 atom stereocenters. The zero-order valence-corrected chi connectivity index (χ0v) is 12.7. The largest absolute Gasteiger partial charge is 0.357 e. The van der Waals surface area contributed by atoms with Crippen LogP contribution in [0.25, 0.3) is 0 Å². The van der Waals surface area contributed by atoms with Crippen LogP contribution in [0.2, 0.25) is 5.02 Å². The number of halogens is 1. The fraction of sp³-hybridized carbons (Fsp3) is 0.667. The third-order valence-electron chi connectivity index (χ3n) is 3.64. The Hall–Kier alpha value is -0.800. The van der Waals surface area contributed by atoms with Crippen molar-refractivity contribution in [2.24, 2.45) is 11.8 Å². The Balaban J connectivity index is 1.74. The molecule has 0 unspecified atom stereocenters. The minimum absolute atomic E-state index is 0.705. The highest BCUT2D eigenvalue weighted by Crippen LogP contribution is 2.22. The summed E-state index contributed by atoms with van der Waals surface area (Å²) in [6.45, 7) is 8.98. The summed E-state index contributed by atoms with van der Waals surface area (Å²) in [5.74, 6) is 2.60. The van der Waals surface area contributed by atoms with Gasteiger partial charge in [-0.2, -0.15) is 0 Å². The topological polar surface area (TPSA) is 28.2 Å². The fourth-order valence-corrected chi connectivity index (χ4v) is 2.61. The minimum atomic E-state index is 0.705. The van der Waals surface area contributed by atoms with Crippen LogP contribution in [0.3, 0.4) is 0 Å². The molecule has 0 amide bonds. The molecule has 0 bridgehead atoms. The predicted molar refractivity (Wildman–Crippen MR) is 81.9 cm³/mol. The minimum Gasteiger partial charge on any atom is -0.357 e. The monoisotopic (exact) mass is 281 g/mol. The van der Waals surface area contributed by atoms with E-state index in [0.717, 1.165) is 43.8 Å². The van der Waals surface area contributed by atoms with Crippen LogP contribution in [0, 0.1) is 11.8 Å². The molecule has 0 aromatic carbocycles. The van der Waals surface area contributed by atoms with Crippen LogP contribution >= 0.6 is 11.6 Å². The van der Waals surface area contributed by atoms with Gasteiger partial charge in [0, 0.05) is 19.3 Å². The summed E-state index contributed by atoms with van der Waals surface area (Å²) in [6, 6.07) is 3.93. The third kappa shape index (κ3) is 4.66. The first-order valence-electron chi connectivity index (χ1n) is 7.22. The van der Waals surface area contributed by atoms with Gasteiger partial charge in [0.25, 0.3) is 0 Å². The van der Waals surface area contributed by atoms with Gasteiger partial charge in [0.15, 0.2) is 0 Å². The molecule has 1 aromatic heterocycles. The van der Waals surface area contributed by atoms with Gasteiger partial charge in [0.2, 0.25) is 0 Å². The molecule has 0 spiro atoms. The second-order valence-electron chi connectivity index (χ2n) is 5.82. The lowest BCUT2D eigenvalue weighted by molar-refractivity contribution is 0.373. The highest BCUT2D eigenvalue weighted by Gasteiger charge is 2.19. The van der Waals surface area contributed by atoms with Gasteiger partial charge < -0.3 is 10.2 Å². The van der Waals surface area contributed by atoms with E-state index in [4.69, 9.17) is 11.6 Å². The molecule has 1 aromatic rings. The lowest BCUT2D eigenvalue weighted by atomic mass is 9.96. The van der Waals surface area contributed by atoms with Crippen LogP contribution in [0.5, 0.6) is 0 Å². The average Bonchev–Trinajstić information content (AvgIpc) is 2.40. The van der Waals surface area contributed by atoms with Gasteiger partial charge in [0.1, 0.15) is 5.82 Å². The van der Waals surface area contributed by atoms with Crippen molar-refractivity contribution in [3.63, 3.8) is 0 Å². The Bertz CT molecular complexity index is 369. The maximum Gasteiger partial charge on any atom is 0.128 e. The number of pyridine rings is 1. The SMILES string of the molecule is CC(C)CNCC1CCN(c2ccc(Cl)cn2)CC1. The molecule has 0 aliphatic carbocycles. The maximum atomic E-state index is 5.87. The molecule has 0 saturated carbocycles. The average molecular weight is 282 g/mol. The molecule has 19 heavy (non-hydrogen) atoms. The van der Waals surface area contributed by atoms with Crippen molar-refractivity contribution < 1.29 is 0 Å². The van der Waals surface area contributed by atoms with Crippen LogP contribution in [0.15, 0.2) is 18.3 Å². The van der Waals surface area contributed by atoms with Crippen molar-refractivity contribution in [1.82, 2.24) is 10.3 Å². The summed E-state index contributed by atoms with van der Waals surface area (Å²) in [7, 11) is 0. The van der Waals surface area contributed by atoms with Crippen LogP contribution in [0.1, 0.15) is 26.7 Å². The summed E-state index contributed by atoms with van der Waals surface area (Å²) in [5, 5.41) is 4.27. The molecule has 1 fully saturated rings. The van der Waals surface area contributed by atoms with Crippen molar-refractivity contribution in [2.45, 2.75) is 26.7 Å². The van der Waals surface area contributed by atoms with Crippen molar-refractivity contribution in [3.8, 4) is 0 Å². The summed E-state index contributed by atoms with van der Waals surface area (Å²) >= 11 is 5.87. The number of hydrogen-bond donors (Lipinski definition) is 1.